The van der Waals surface area contributed by atoms with Gasteiger partial charge < -0.3 is 9.30 Å². The summed E-state index contributed by atoms with van der Waals surface area (Å²) in [4.78, 5) is 12.0. The van der Waals surface area contributed by atoms with E-state index in [-0.39, 0.29) is 15.9 Å². The lowest BCUT2D eigenvalue weighted by Gasteiger charge is -2.33. The molecule has 1 aliphatic carbocycles. The molecule has 1 saturated heterocycles. The molecule has 1 aliphatic heterocycles. The number of aromatic nitrogens is 1. The Morgan fingerprint density at radius 3 is 2.71 bits per heavy atom. The van der Waals surface area contributed by atoms with Gasteiger partial charge in [-0.05, 0) is 34.7 Å². The van der Waals surface area contributed by atoms with E-state index in [9.17, 15) is 9.18 Å². The molecule has 0 bridgehead atoms. The number of halogens is 2. The Labute approximate surface area is 131 Å². The summed E-state index contributed by atoms with van der Waals surface area (Å²) >= 11 is 3.04. The maximum absolute atomic E-state index is 13.6. The van der Waals surface area contributed by atoms with Gasteiger partial charge in [-0.15, -0.1) is 0 Å². The Morgan fingerprint density at radius 1 is 1.33 bits per heavy atom. The molecule has 0 radical (unpaired) electrons. The van der Waals surface area contributed by atoms with E-state index in [0.717, 1.165) is 19.4 Å². The van der Waals surface area contributed by atoms with Crippen molar-refractivity contribution in [1.82, 2.24) is 4.57 Å². The monoisotopic (exact) mass is 353 g/mol. The van der Waals surface area contributed by atoms with Crippen molar-refractivity contribution >= 4 is 15.9 Å². The molecule has 112 valence electrons. The van der Waals surface area contributed by atoms with Crippen molar-refractivity contribution in [3.63, 3.8) is 0 Å². The molecule has 0 amide bonds. The van der Waals surface area contributed by atoms with Gasteiger partial charge in [-0.3, -0.25) is 4.79 Å². The second-order valence-electron chi connectivity index (χ2n) is 5.57. The van der Waals surface area contributed by atoms with Crippen molar-refractivity contribution in [2.24, 2.45) is 11.8 Å². The van der Waals surface area contributed by atoms with Crippen LogP contribution >= 0.6 is 15.9 Å². The summed E-state index contributed by atoms with van der Waals surface area (Å²) in [5, 5.41) is 0. The average Bonchev–Trinajstić information content (AvgIpc) is 2.42. The summed E-state index contributed by atoms with van der Waals surface area (Å²) in [5.41, 5.74) is -0.190. The number of hydrogen-bond acceptors (Lipinski definition) is 2. The van der Waals surface area contributed by atoms with Gasteiger partial charge in [-0.2, -0.15) is 0 Å². The molecule has 0 saturated carbocycles. The van der Waals surface area contributed by atoms with E-state index in [1.807, 2.05) is 12.2 Å². The number of rotatable bonds is 4. The van der Waals surface area contributed by atoms with Gasteiger partial charge in [0, 0.05) is 31.3 Å². The SMILES string of the molecule is O=c1cc(Br)c(F)cn1CC1C=CC=C[C@@H]1CC1CCO1. The Bertz CT molecular complexity index is 634. The molecule has 3 nitrogen and oxygen atoms in total. The molecule has 5 heteroatoms. The second-order valence-corrected chi connectivity index (χ2v) is 6.43. The first-order valence-electron chi connectivity index (χ1n) is 7.15. The lowest BCUT2D eigenvalue weighted by Crippen LogP contribution is -2.33. The van der Waals surface area contributed by atoms with Crippen LogP contribution < -0.4 is 5.56 Å². The van der Waals surface area contributed by atoms with Crippen LogP contribution in [-0.2, 0) is 11.3 Å². The Balaban J connectivity index is 1.75. The normalized spacial score (nSPS) is 27.6. The minimum Gasteiger partial charge on any atom is -0.378 e. The van der Waals surface area contributed by atoms with Crippen LogP contribution in [0.1, 0.15) is 12.8 Å². The van der Waals surface area contributed by atoms with Gasteiger partial charge >= 0.3 is 0 Å². The Hall–Kier alpha value is -1.20. The molecule has 2 aliphatic rings. The predicted octanol–water partition coefficient (Wildman–Crippen LogP) is 3.29. The number of allylic oxidation sites excluding steroid dienone is 4. The van der Waals surface area contributed by atoms with Crippen LogP contribution in [-0.4, -0.2) is 17.3 Å². The fourth-order valence-electron chi connectivity index (χ4n) is 2.81. The van der Waals surface area contributed by atoms with Crippen molar-refractivity contribution in [1.29, 1.82) is 0 Å². The number of nitrogens with zero attached hydrogens (tertiary/aromatic N) is 1. The van der Waals surface area contributed by atoms with Crippen LogP contribution in [0.3, 0.4) is 0 Å². The summed E-state index contributed by atoms with van der Waals surface area (Å²) in [6.45, 7) is 1.33. The third-order valence-corrected chi connectivity index (χ3v) is 4.75. The minimum atomic E-state index is -0.413. The van der Waals surface area contributed by atoms with Gasteiger partial charge in [0.2, 0.25) is 0 Å². The van der Waals surface area contributed by atoms with E-state index >= 15 is 0 Å². The van der Waals surface area contributed by atoms with Crippen molar-refractivity contribution < 1.29 is 9.13 Å². The van der Waals surface area contributed by atoms with Gasteiger partial charge in [0.1, 0.15) is 0 Å². The predicted molar refractivity (Wildman–Crippen MR) is 82.6 cm³/mol. The van der Waals surface area contributed by atoms with Crippen LogP contribution in [0.5, 0.6) is 0 Å². The number of pyridine rings is 1. The van der Waals surface area contributed by atoms with Crippen molar-refractivity contribution in [2.75, 3.05) is 6.61 Å². The van der Waals surface area contributed by atoms with E-state index in [0.29, 0.717) is 18.6 Å². The summed E-state index contributed by atoms with van der Waals surface area (Å²) in [6.07, 6.45) is 11.9. The highest BCUT2D eigenvalue weighted by Crippen LogP contribution is 2.30. The standard InChI is InChI=1S/C16H17BrFNO2/c17-14-8-16(20)19(10-15(14)18)9-12-4-2-1-3-11(12)7-13-5-6-21-13/h1-4,8,10-13H,5-7,9H2/t11-,12?,13?/m1/s1. The molecule has 3 rings (SSSR count). The highest BCUT2D eigenvalue weighted by molar-refractivity contribution is 9.10. The van der Waals surface area contributed by atoms with Crippen LogP contribution in [0.25, 0.3) is 0 Å². The van der Waals surface area contributed by atoms with Gasteiger partial charge in [0.05, 0.1) is 10.6 Å². The molecular weight excluding hydrogens is 337 g/mol. The van der Waals surface area contributed by atoms with Crippen LogP contribution in [0, 0.1) is 17.7 Å². The van der Waals surface area contributed by atoms with Crippen molar-refractivity contribution in [3.8, 4) is 0 Å². The maximum atomic E-state index is 13.6. The fraction of sp³-hybridized carbons (Fsp3) is 0.438. The summed E-state index contributed by atoms with van der Waals surface area (Å²) in [7, 11) is 0. The maximum Gasteiger partial charge on any atom is 0.251 e. The zero-order valence-corrected chi connectivity index (χ0v) is 13.1. The molecule has 3 atom stereocenters. The van der Waals surface area contributed by atoms with Crippen LogP contribution in [0.15, 0.2) is 45.8 Å². The Morgan fingerprint density at radius 2 is 2.05 bits per heavy atom. The fourth-order valence-corrected chi connectivity index (χ4v) is 3.11. The lowest BCUT2D eigenvalue weighted by atomic mass is 9.83. The first-order valence-corrected chi connectivity index (χ1v) is 7.95. The molecule has 0 aromatic carbocycles. The van der Waals surface area contributed by atoms with Crippen molar-refractivity contribution in [2.45, 2.75) is 25.5 Å². The molecule has 2 heterocycles. The van der Waals surface area contributed by atoms with E-state index in [4.69, 9.17) is 4.74 Å². The smallest absolute Gasteiger partial charge is 0.251 e. The summed E-state index contributed by atoms with van der Waals surface area (Å²) < 4.78 is 20.8. The first-order chi connectivity index (χ1) is 10.1. The summed E-state index contributed by atoms with van der Waals surface area (Å²) in [6, 6.07) is 1.28. The van der Waals surface area contributed by atoms with E-state index in [2.05, 4.69) is 28.1 Å². The van der Waals surface area contributed by atoms with E-state index in [1.165, 1.54) is 16.8 Å². The molecule has 2 unspecified atom stereocenters. The van der Waals surface area contributed by atoms with Gasteiger partial charge in [0.25, 0.3) is 5.56 Å². The molecule has 1 fully saturated rings. The third-order valence-electron chi connectivity index (χ3n) is 4.14. The zero-order valence-electron chi connectivity index (χ0n) is 11.5. The summed E-state index contributed by atoms with van der Waals surface area (Å²) in [5.74, 6) is 0.111. The first kappa shape index (κ1) is 14.7. The quantitative estimate of drug-likeness (QED) is 0.831. The van der Waals surface area contributed by atoms with Crippen molar-refractivity contribution in [3.05, 3.63) is 57.2 Å². The molecular formula is C16H17BrFNO2. The van der Waals surface area contributed by atoms with Gasteiger partial charge in [0.15, 0.2) is 5.82 Å². The van der Waals surface area contributed by atoms with E-state index in [1.54, 1.807) is 0 Å². The highest BCUT2D eigenvalue weighted by Gasteiger charge is 2.27. The average molecular weight is 354 g/mol. The number of ether oxygens (including phenoxy) is 1. The van der Waals surface area contributed by atoms with Gasteiger partial charge in [-0.25, -0.2) is 4.39 Å². The van der Waals surface area contributed by atoms with Crippen LogP contribution in [0.2, 0.25) is 0 Å². The van der Waals surface area contributed by atoms with Gasteiger partial charge in [-0.1, -0.05) is 24.3 Å². The number of hydrogen-bond donors (Lipinski definition) is 0. The molecule has 1 aromatic heterocycles. The molecule has 0 N–H and O–H groups in total. The second kappa shape index (κ2) is 6.28. The lowest BCUT2D eigenvalue weighted by molar-refractivity contribution is -0.0625. The topological polar surface area (TPSA) is 31.2 Å². The molecule has 21 heavy (non-hydrogen) atoms. The van der Waals surface area contributed by atoms with E-state index < -0.39 is 5.82 Å². The molecule has 0 spiro atoms. The molecule has 1 aromatic rings. The van der Waals surface area contributed by atoms with Crippen LogP contribution in [0.4, 0.5) is 4.39 Å². The zero-order chi connectivity index (χ0) is 14.8. The highest BCUT2D eigenvalue weighted by atomic mass is 79.9. The largest absolute Gasteiger partial charge is 0.378 e. The Kier molecular flexibility index (Phi) is 4.40. The minimum absolute atomic E-state index is 0.190. The third kappa shape index (κ3) is 3.35.